The lowest BCUT2D eigenvalue weighted by Gasteiger charge is -2.09. The van der Waals surface area contributed by atoms with Gasteiger partial charge in [-0.3, -0.25) is 9.59 Å². The number of carbonyl (C=O) groups is 1. The van der Waals surface area contributed by atoms with Crippen LogP contribution >= 0.6 is 0 Å². The van der Waals surface area contributed by atoms with E-state index in [1.165, 1.54) is 26.4 Å². The molecule has 7 nitrogen and oxygen atoms in total. The predicted octanol–water partition coefficient (Wildman–Crippen LogP) is 1.04. The van der Waals surface area contributed by atoms with E-state index in [0.29, 0.717) is 17.2 Å². The average Bonchev–Trinajstić information content (AvgIpc) is 2.47. The third-order valence-corrected chi connectivity index (χ3v) is 2.52. The largest absolute Gasteiger partial charge is 0.497 e. The molecule has 0 radical (unpaired) electrons. The van der Waals surface area contributed by atoms with Crippen LogP contribution in [0.2, 0.25) is 0 Å². The van der Waals surface area contributed by atoms with Crippen molar-refractivity contribution in [2.45, 2.75) is 0 Å². The Hall–Kier alpha value is -2.83. The molecule has 1 amide bonds. The van der Waals surface area contributed by atoms with Crippen LogP contribution in [-0.4, -0.2) is 30.3 Å². The Morgan fingerprint density at radius 1 is 1.15 bits per heavy atom. The van der Waals surface area contributed by atoms with Crippen molar-refractivity contribution in [3.05, 3.63) is 46.4 Å². The van der Waals surface area contributed by atoms with E-state index in [0.717, 1.165) is 0 Å². The molecule has 104 valence electrons. The monoisotopic (exact) mass is 275 g/mol. The number of H-pyrrole nitrogens is 1. The smallest absolute Gasteiger partial charge is 0.276 e. The minimum atomic E-state index is -0.448. The lowest BCUT2D eigenvalue weighted by atomic mass is 10.2. The molecule has 0 spiro atoms. The topological polar surface area (TPSA) is 93.3 Å². The zero-order valence-corrected chi connectivity index (χ0v) is 11.0. The highest BCUT2D eigenvalue weighted by Gasteiger charge is 2.09. The average molecular weight is 275 g/mol. The summed E-state index contributed by atoms with van der Waals surface area (Å²) in [5.74, 6) is 0.653. The number of carbonyl (C=O) groups excluding carboxylic acids is 1. The molecule has 20 heavy (non-hydrogen) atoms. The molecule has 0 aliphatic rings. The van der Waals surface area contributed by atoms with Crippen LogP contribution in [0, 0.1) is 0 Å². The van der Waals surface area contributed by atoms with E-state index in [-0.39, 0.29) is 11.3 Å². The summed E-state index contributed by atoms with van der Waals surface area (Å²) in [7, 11) is 3.04. The number of nitrogens with one attached hydrogen (secondary N) is 2. The Kier molecular flexibility index (Phi) is 3.99. The molecule has 0 unspecified atom stereocenters. The second-order valence-electron chi connectivity index (χ2n) is 3.86. The molecule has 2 N–H and O–H groups in total. The van der Waals surface area contributed by atoms with Gasteiger partial charge in [-0.1, -0.05) is 0 Å². The third kappa shape index (κ3) is 3.14. The van der Waals surface area contributed by atoms with Crippen LogP contribution < -0.4 is 20.3 Å². The van der Waals surface area contributed by atoms with Gasteiger partial charge in [0, 0.05) is 30.0 Å². The van der Waals surface area contributed by atoms with E-state index in [1.54, 1.807) is 18.2 Å². The number of hydrogen-bond donors (Lipinski definition) is 2. The van der Waals surface area contributed by atoms with Gasteiger partial charge < -0.3 is 14.8 Å². The Morgan fingerprint density at radius 2 is 1.80 bits per heavy atom. The van der Waals surface area contributed by atoms with Crippen molar-refractivity contribution in [1.82, 2.24) is 10.2 Å². The van der Waals surface area contributed by atoms with Crippen LogP contribution in [0.5, 0.6) is 11.5 Å². The zero-order valence-electron chi connectivity index (χ0n) is 11.0. The van der Waals surface area contributed by atoms with Gasteiger partial charge in [-0.15, -0.1) is 0 Å². The first-order valence-electron chi connectivity index (χ1n) is 5.72. The van der Waals surface area contributed by atoms with Crippen LogP contribution in [0.4, 0.5) is 5.69 Å². The lowest BCUT2D eigenvalue weighted by molar-refractivity contribution is 0.102. The number of aromatic amines is 1. The van der Waals surface area contributed by atoms with E-state index >= 15 is 0 Å². The number of aromatic nitrogens is 2. The van der Waals surface area contributed by atoms with Gasteiger partial charge in [-0.2, -0.15) is 5.10 Å². The van der Waals surface area contributed by atoms with Crippen molar-refractivity contribution in [3.8, 4) is 11.5 Å². The van der Waals surface area contributed by atoms with Gasteiger partial charge in [0.2, 0.25) is 0 Å². The fraction of sp³-hybridized carbons (Fsp3) is 0.154. The van der Waals surface area contributed by atoms with Gasteiger partial charge in [0.05, 0.1) is 14.2 Å². The maximum Gasteiger partial charge on any atom is 0.276 e. The maximum atomic E-state index is 11.9. The second kappa shape index (κ2) is 5.87. The van der Waals surface area contributed by atoms with Crippen molar-refractivity contribution >= 4 is 11.6 Å². The quantitative estimate of drug-likeness (QED) is 0.869. The first kappa shape index (κ1) is 13.6. The predicted molar refractivity (Wildman–Crippen MR) is 72.4 cm³/mol. The van der Waals surface area contributed by atoms with Crippen LogP contribution in [0.1, 0.15) is 10.5 Å². The normalized spacial score (nSPS) is 9.90. The Labute approximate surface area is 114 Å². The minimum Gasteiger partial charge on any atom is -0.497 e. The van der Waals surface area contributed by atoms with E-state index in [4.69, 9.17) is 9.47 Å². The van der Waals surface area contributed by atoms with E-state index in [9.17, 15) is 9.59 Å². The van der Waals surface area contributed by atoms with Crippen LogP contribution in [0.3, 0.4) is 0 Å². The van der Waals surface area contributed by atoms with Crippen molar-refractivity contribution in [3.63, 3.8) is 0 Å². The summed E-state index contributed by atoms with van der Waals surface area (Å²) in [6.45, 7) is 0. The van der Waals surface area contributed by atoms with Crippen molar-refractivity contribution in [1.29, 1.82) is 0 Å². The molecule has 2 aromatic rings. The summed E-state index contributed by atoms with van der Waals surface area (Å²) >= 11 is 0. The fourth-order valence-electron chi connectivity index (χ4n) is 1.55. The van der Waals surface area contributed by atoms with Gasteiger partial charge in [-0.25, -0.2) is 5.10 Å². The molecule has 0 bridgehead atoms. The first-order chi connectivity index (χ1) is 9.62. The summed E-state index contributed by atoms with van der Waals surface area (Å²) in [5.41, 5.74) is 0.232. The van der Waals surface area contributed by atoms with Crippen molar-refractivity contribution < 1.29 is 14.3 Å². The number of rotatable bonds is 4. The molecule has 0 saturated carbocycles. The molecule has 0 fully saturated rings. The maximum absolute atomic E-state index is 11.9. The summed E-state index contributed by atoms with van der Waals surface area (Å²) in [4.78, 5) is 22.8. The number of benzene rings is 1. The van der Waals surface area contributed by atoms with Gasteiger partial charge >= 0.3 is 0 Å². The summed E-state index contributed by atoms with van der Waals surface area (Å²) in [5, 5.41) is 8.49. The minimum absolute atomic E-state index is 0.103. The highest BCUT2D eigenvalue weighted by Crippen LogP contribution is 2.25. The van der Waals surface area contributed by atoms with Crippen LogP contribution in [-0.2, 0) is 0 Å². The molecular weight excluding hydrogens is 262 g/mol. The number of hydrogen-bond acceptors (Lipinski definition) is 5. The highest BCUT2D eigenvalue weighted by atomic mass is 16.5. The summed E-state index contributed by atoms with van der Waals surface area (Å²) < 4.78 is 10.2. The fourth-order valence-corrected chi connectivity index (χ4v) is 1.55. The van der Waals surface area contributed by atoms with Crippen LogP contribution in [0.15, 0.2) is 35.1 Å². The molecule has 0 saturated heterocycles. The summed E-state index contributed by atoms with van der Waals surface area (Å²) in [6.07, 6.45) is 0. The number of ether oxygens (including phenoxy) is 2. The molecule has 7 heteroatoms. The van der Waals surface area contributed by atoms with Crippen molar-refractivity contribution in [2.24, 2.45) is 0 Å². The number of amides is 1. The van der Waals surface area contributed by atoms with Crippen molar-refractivity contribution in [2.75, 3.05) is 19.5 Å². The Morgan fingerprint density at radius 3 is 2.30 bits per heavy atom. The lowest BCUT2D eigenvalue weighted by Crippen LogP contribution is -2.17. The Balaban J connectivity index is 2.22. The first-order valence-corrected chi connectivity index (χ1v) is 5.72. The van der Waals surface area contributed by atoms with Gasteiger partial charge in [0.15, 0.2) is 0 Å². The summed E-state index contributed by atoms with van der Waals surface area (Å²) in [6, 6.07) is 7.55. The molecule has 0 atom stereocenters. The van der Waals surface area contributed by atoms with E-state index in [2.05, 4.69) is 15.5 Å². The zero-order chi connectivity index (χ0) is 14.5. The number of methoxy groups -OCH3 is 2. The molecular formula is C13H13N3O4. The van der Waals surface area contributed by atoms with Gasteiger partial charge in [0.25, 0.3) is 11.5 Å². The SMILES string of the molecule is COc1cc(NC(=O)c2ccc(=O)[nH]n2)cc(OC)c1. The van der Waals surface area contributed by atoms with Gasteiger partial charge in [0.1, 0.15) is 17.2 Å². The Bertz CT molecular complexity index is 639. The van der Waals surface area contributed by atoms with Crippen LogP contribution in [0.25, 0.3) is 0 Å². The number of anilines is 1. The van der Waals surface area contributed by atoms with Gasteiger partial charge in [-0.05, 0) is 6.07 Å². The molecule has 1 heterocycles. The molecule has 0 aliphatic heterocycles. The highest BCUT2D eigenvalue weighted by molar-refractivity contribution is 6.02. The van der Waals surface area contributed by atoms with E-state index < -0.39 is 5.91 Å². The molecule has 1 aromatic carbocycles. The van der Waals surface area contributed by atoms with E-state index in [1.807, 2.05) is 0 Å². The molecule has 2 rings (SSSR count). The third-order valence-electron chi connectivity index (χ3n) is 2.52. The molecule has 0 aliphatic carbocycles. The second-order valence-corrected chi connectivity index (χ2v) is 3.86. The number of nitrogens with zero attached hydrogens (tertiary/aromatic N) is 1. The standard InChI is InChI=1S/C13H13N3O4/c1-19-9-5-8(6-10(7-9)20-2)14-13(18)11-3-4-12(17)16-15-11/h3-7H,1-2H3,(H,14,18)(H,16,17). The molecule has 1 aromatic heterocycles.